The second-order valence-corrected chi connectivity index (χ2v) is 4.50. The van der Waals surface area contributed by atoms with Gasteiger partial charge in [-0.3, -0.25) is 29.9 Å². The second-order valence-electron chi connectivity index (χ2n) is 4.50. The molecule has 1 aliphatic rings. The second kappa shape index (κ2) is 5.33. The molecule has 1 fully saturated rings. The maximum absolute atomic E-state index is 13.9. The lowest BCUT2D eigenvalue weighted by molar-refractivity contribution is -0.387. The number of nitro benzene ring substituents is 1. The van der Waals surface area contributed by atoms with Crippen molar-refractivity contribution in [2.75, 3.05) is 6.54 Å². The van der Waals surface area contributed by atoms with Crippen molar-refractivity contribution in [1.82, 2.24) is 10.2 Å². The lowest BCUT2D eigenvalue weighted by atomic mass is 10.1. The van der Waals surface area contributed by atoms with Gasteiger partial charge >= 0.3 is 5.69 Å². The van der Waals surface area contributed by atoms with E-state index in [2.05, 4.69) is 5.32 Å². The number of piperazine rings is 1. The number of nitro groups is 1. The van der Waals surface area contributed by atoms with Crippen LogP contribution in [0.3, 0.4) is 0 Å². The molecule has 0 aromatic heterocycles. The number of carbonyl (C=O) groups is 2. The van der Waals surface area contributed by atoms with Gasteiger partial charge in [-0.05, 0) is 6.92 Å². The van der Waals surface area contributed by atoms with Crippen LogP contribution in [0.25, 0.3) is 0 Å². The molecule has 20 heavy (non-hydrogen) atoms. The van der Waals surface area contributed by atoms with Crippen molar-refractivity contribution < 1.29 is 18.9 Å². The van der Waals surface area contributed by atoms with Crippen LogP contribution in [0.1, 0.15) is 12.5 Å². The van der Waals surface area contributed by atoms with Crippen molar-refractivity contribution in [3.05, 3.63) is 39.7 Å². The monoisotopic (exact) mass is 281 g/mol. The molecule has 106 valence electrons. The van der Waals surface area contributed by atoms with Crippen LogP contribution >= 0.6 is 0 Å². The van der Waals surface area contributed by atoms with Gasteiger partial charge in [0.15, 0.2) is 0 Å². The number of hydrogen-bond donors (Lipinski definition) is 1. The molecule has 0 saturated carbocycles. The average molecular weight is 281 g/mol. The van der Waals surface area contributed by atoms with Gasteiger partial charge in [-0.2, -0.15) is 4.39 Å². The maximum Gasteiger partial charge on any atom is 0.305 e. The molecule has 2 amide bonds. The SMILES string of the molecule is CC1C(=O)NC(=O)CN1Cc1cccc([N+](=O)[O-])c1F. The van der Waals surface area contributed by atoms with Gasteiger partial charge in [0.1, 0.15) is 0 Å². The van der Waals surface area contributed by atoms with Crippen LogP contribution in [-0.2, 0) is 16.1 Å². The number of halogens is 1. The lowest BCUT2D eigenvalue weighted by Crippen LogP contribution is -2.56. The van der Waals surface area contributed by atoms with Crippen molar-refractivity contribution in [2.24, 2.45) is 0 Å². The molecular weight excluding hydrogens is 269 g/mol. The van der Waals surface area contributed by atoms with E-state index in [1.54, 1.807) is 6.92 Å². The van der Waals surface area contributed by atoms with Crippen LogP contribution in [0.5, 0.6) is 0 Å². The highest BCUT2D eigenvalue weighted by Crippen LogP contribution is 2.22. The number of rotatable bonds is 3. The zero-order chi connectivity index (χ0) is 14.9. The number of nitrogens with zero attached hydrogens (tertiary/aromatic N) is 2. The van der Waals surface area contributed by atoms with Crippen LogP contribution < -0.4 is 5.32 Å². The number of benzene rings is 1. The summed E-state index contributed by atoms with van der Waals surface area (Å²) in [5.41, 5.74) is -0.545. The predicted molar refractivity (Wildman–Crippen MR) is 66.1 cm³/mol. The molecule has 0 bridgehead atoms. The smallest absolute Gasteiger partial charge is 0.294 e. The first kappa shape index (κ1) is 14.1. The van der Waals surface area contributed by atoms with Gasteiger partial charge in [0.2, 0.25) is 17.6 Å². The van der Waals surface area contributed by atoms with Crippen LogP contribution in [0, 0.1) is 15.9 Å². The van der Waals surface area contributed by atoms with Gasteiger partial charge in [0, 0.05) is 18.2 Å². The third-order valence-corrected chi connectivity index (χ3v) is 3.16. The van der Waals surface area contributed by atoms with Crippen LogP contribution in [0.15, 0.2) is 18.2 Å². The molecule has 1 atom stereocenters. The van der Waals surface area contributed by atoms with Crippen molar-refractivity contribution in [3.63, 3.8) is 0 Å². The Morgan fingerprint density at radius 3 is 2.85 bits per heavy atom. The highest BCUT2D eigenvalue weighted by molar-refractivity contribution is 6.00. The quantitative estimate of drug-likeness (QED) is 0.497. The van der Waals surface area contributed by atoms with E-state index in [1.165, 1.54) is 17.0 Å². The van der Waals surface area contributed by atoms with E-state index in [9.17, 15) is 24.1 Å². The van der Waals surface area contributed by atoms with Crippen molar-refractivity contribution in [3.8, 4) is 0 Å². The molecule has 1 aromatic carbocycles. The molecule has 0 spiro atoms. The Labute approximate surface area is 113 Å². The summed E-state index contributed by atoms with van der Waals surface area (Å²) in [6, 6.07) is 3.22. The Balaban J connectivity index is 2.25. The van der Waals surface area contributed by atoms with Gasteiger partial charge in [0.05, 0.1) is 17.5 Å². The number of nitrogens with one attached hydrogen (secondary N) is 1. The molecule has 1 saturated heterocycles. The number of amides is 2. The molecule has 0 aliphatic carbocycles. The summed E-state index contributed by atoms with van der Waals surface area (Å²) in [7, 11) is 0. The summed E-state index contributed by atoms with van der Waals surface area (Å²) in [6.45, 7) is 1.47. The third-order valence-electron chi connectivity index (χ3n) is 3.16. The first-order chi connectivity index (χ1) is 9.40. The fraction of sp³-hybridized carbons (Fsp3) is 0.333. The normalized spacial score (nSPS) is 19.8. The first-order valence-corrected chi connectivity index (χ1v) is 5.89. The van der Waals surface area contributed by atoms with E-state index < -0.39 is 34.3 Å². The van der Waals surface area contributed by atoms with Crippen molar-refractivity contribution in [1.29, 1.82) is 0 Å². The summed E-state index contributed by atoms with van der Waals surface area (Å²) < 4.78 is 13.9. The molecule has 1 heterocycles. The van der Waals surface area contributed by atoms with E-state index in [1.807, 2.05) is 0 Å². The largest absolute Gasteiger partial charge is 0.305 e. The third kappa shape index (κ3) is 2.64. The summed E-state index contributed by atoms with van der Waals surface area (Å²) in [5, 5.41) is 12.8. The Kier molecular flexibility index (Phi) is 3.75. The standard InChI is InChI=1S/C12H12FN3O4/c1-7-12(18)14-10(17)6-15(7)5-8-3-2-4-9(11(8)13)16(19)20/h2-4,7H,5-6H2,1H3,(H,14,17,18). The molecule has 2 rings (SSSR count). The van der Waals surface area contributed by atoms with Crippen LogP contribution in [-0.4, -0.2) is 34.2 Å². The topological polar surface area (TPSA) is 92.6 Å². The molecule has 1 aliphatic heterocycles. The molecular formula is C12H12FN3O4. The Hall–Kier alpha value is -2.35. The molecule has 1 aromatic rings. The van der Waals surface area contributed by atoms with Gasteiger partial charge < -0.3 is 0 Å². The van der Waals surface area contributed by atoms with E-state index in [0.29, 0.717) is 0 Å². The Morgan fingerprint density at radius 1 is 1.50 bits per heavy atom. The highest BCUT2D eigenvalue weighted by atomic mass is 19.1. The van der Waals surface area contributed by atoms with E-state index in [-0.39, 0.29) is 18.7 Å². The van der Waals surface area contributed by atoms with Crippen LogP contribution in [0.4, 0.5) is 10.1 Å². The van der Waals surface area contributed by atoms with Gasteiger partial charge in [-0.25, -0.2) is 0 Å². The summed E-state index contributed by atoms with van der Waals surface area (Å²) in [4.78, 5) is 34.1. The minimum atomic E-state index is -0.942. The van der Waals surface area contributed by atoms with Crippen molar-refractivity contribution in [2.45, 2.75) is 19.5 Å². The first-order valence-electron chi connectivity index (χ1n) is 5.89. The number of imide groups is 1. The summed E-state index contributed by atoms with van der Waals surface area (Å²) >= 11 is 0. The fourth-order valence-corrected chi connectivity index (χ4v) is 2.01. The van der Waals surface area contributed by atoms with E-state index in [0.717, 1.165) is 6.07 Å². The zero-order valence-corrected chi connectivity index (χ0v) is 10.6. The van der Waals surface area contributed by atoms with Crippen molar-refractivity contribution >= 4 is 17.5 Å². The minimum Gasteiger partial charge on any atom is -0.294 e. The molecule has 7 nitrogen and oxygen atoms in total. The summed E-state index contributed by atoms with van der Waals surface area (Å²) in [5.74, 6) is -1.88. The van der Waals surface area contributed by atoms with Gasteiger partial charge in [-0.1, -0.05) is 12.1 Å². The maximum atomic E-state index is 13.9. The van der Waals surface area contributed by atoms with Gasteiger partial charge in [0.25, 0.3) is 0 Å². The average Bonchev–Trinajstić information content (AvgIpc) is 2.37. The lowest BCUT2D eigenvalue weighted by Gasteiger charge is -2.31. The zero-order valence-electron chi connectivity index (χ0n) is 10.6. The molecule has 0 radical (unpaired) electrons. The number of carbonyl (C=O) groups excluding carboxylic acids is 2. The minimum absolute atomic E-state index is 0.0478. The summed E-state index contributed by atoms with van der Waals surface area (Å²) in [6.07, 6.45) is 0. The Bertz CT molecular complexity index is 590. The Morgan fingerprint density at radius 2 is 2.20 bits per heavy atom. The predicted octanol–water partition coefficient (Wildman–Crippen LogP) is 0.581. The fourth-order valence-electron chi connectivity index (χ4n) is 2.01. The number of hydrogen-bond acceptors (Lipinski definition) is 5. The van der Waals surface area contributed by atoms with Gasteiger partial charge in [-0.15, -0.1) is 0 Å². The van der Waals surface area contributed by atoms with E-state index >= 15 is 0 Å². The van der Waals surface area contributed by atoms with Crippen LogP contribution in [0.2, 0.25) is 0 Å². The van der Waals surface area contributed by atoms with E-state index in [4.69, 9.17) is 0 Å². The highest BCUT2D eigenvalue weighted by Gasteiger charge is 2.31. The molecule has 1 unspecified atom stereocenters. The molecule has 8 heteroatoms. The molecule has 1 N–H and O–H groups in total.